The van der Waals surface area contributed by atoms with Crippen LogP contribution in [0.15, 0.2) is 93.6 Å². The summed E-state index contributed by atoms with van der Waals surface area (Å²) in [6.07, 6.45) is 0. The predicted octanol–water partition coefficient (Wildman–Crippen LogP) is 3.00. The molecule has 3 heterocycles. The summed E-state index contributed by atoms with van der Waals surface area (Å²) in [6.45, 7) is -0.349. The van der Waals surface area contributed by atoms with Gasteiger partial charge in [-0.15, -0.1) is 0 Å². The minimum atomic E-state index is -3.89. The first-order chi connectivity index (χ1) is 20.6. The molecule has 0 radical (unpaired) electrons. The van der Waals surface area contributed by atoms with Crippen LogP contribution in [0.5, 0.6) is 5.75 Å². The molecular weight excluding hydrogens is 613 g/mol. The fourth-order valence-electron chi connectivity index (χ4n) is 5.33. The van der Waals surface area contributed by atoms with Crippen LogP contribution in [-0.4, -0.2) is 43.1 Å². The molecule has 3 aromatic carbocycles. The van der Waals surface area contributed by atoms with Gasteiger partial charge in [-0.3, -0.25) is 23.7 Å². The fraction of sp³-hybridized carbons (Fsp3) is 0.172. The number of primary sulfonamides is 1. The number of thiazole rings is 1. The Kier molecular flexibility index (Phi) is 7.46. The van der Waals surface area contributed by atoms with Gasteiger partial charge in [0.1, 0.15) is 17.5 Å². The quantitative estimate of drug-likeness (QED) is 0.293. The number of sulfonamides is 1. The van der Waals surface area contributed by atoms with Crippen LogP contribution in [0.2, 0.25) is 0 Å². The van der Waals surface area contributed by atoms with Crippen molar-refractivity contribution in [2.75, 3.05) is 17.3 Å². The standard InChI is InChI=1S/C29H24N4O7S3/c1-40-19-11-9-18(10-12-19)33-26(35)23-22(16-5-3-2-4-6-16)25-28(41-24(23)27(33)36)32(29(37)42-25)15-21(34)31-17-7-13-20(14-8-17)43(30,38)39/h2-14,22-24H,15H2,1H3,(H,31,34)(H2,30,38,39)/t22-,23?,24?/m1/s1. The van der Waals surface area contributed by atoms with E-state index in [9.17, 15) is 27.6 Å². The lowest BCUT2D eigenvalue weighted by molar-refractivity contribution is -0.122. The number of imide groups is 1. The largest absolute Gasteiger partial charge is 0.497 e. The van der Waals surface area contributed by atoms with Gasteiger partial charge in [0.25, 0.3) is 0 Å². The molecule has 2 aliphatic heterocycles. The number of hydrogen-bond donors (Lipinski definition) is 2. The molecule has 11 nitrogen and oxygen atoms in total. The molecule has 2 aliphatic rings. The van der Waals surface area contributed by atoms with Gasteiger partial charge in [0, 0.05) is 16.5 Å². The van der Waals surface area contributed by atoms with Gasteiger partial charge in [-0.05, 0) is 54.1 Å². The number of rotatable bonds is 7. The van der Waals surface area contributed by atoms with Gasteiger partial charge in [0.15, 0.2) is 0 Å². The van der Waals surface area contributed by atoms with E-state index in [1.165, 1.54) is 40.8 Å². The lowest BCUT2D eigenvalue weighted by Crippen LogP contribution is -2.33. The number of aromatic nitrogens is 1. The molecule has 2 unspecified atom stereocenters. The summed E-state index contributed by atoms with van der Waals surface area (Å²) in [5, 5.41) is 7.43. The Labute approximate surface area is 254 Å². The Balaban J connectivity index is 1.34. The summed E-state index contributed by atoms with van der Waals surface area (Å²) in [4.78, 5) is 55.3. The second kappa shape index (κ2) is 11.1. The van der Waals surface area contributed by atoms with Crippen LogP contribution in [-0.2, 0) is 31.0 Å². The van der Waals surface area contributed by atoms with E-state index in [0.29, 0.717) is 27.0 Å². The average molecular weight is 637 g/mol. The van der Waals surface area contributed by atoms with Gasteiger partial charge in [0.2, 0.25) is 27.7 Å². The van der Waals surface area contributed by atoms with Gasteiger partial charge in [-0.2, -0.15) is 0 Å². The molecule has 0 saturated carbocycles. The van der Waals surface area contributed by atoms with Gasteiger partial charge in [0.05, 0.1) is 28.6 Å². The Bertz CT molecular complexity index is 1900. The molecular formula is C29H24N4O7S3. The number of carbonyl (C=O) groups excluding carboxylic acids is 3. The van der Waals surface area contributed by atoms with E-state index in [-0.39, 0.29) is 17.3 Å². The van der Waals surface area contributed by atoms with Gasteiger partial charge in [-0.1, -0.05) is 53.4 Å². The normalized spacial score (nSPS) is 19.6. The van der Waals surface area contributed by atoms with Gasteiger partial charge < -0.3 is 10.1 Å². The highest BCUT2D eigenvalue weighted by Gasteiger charge is 2.56. The Morgan fingerprint density at radius 3 is 2.26 bits per heavy atom. The number of anilines is 2. The van der Waals surface area contributed by atoms with E-state index in [4.69, 9.17) is 9.88 Å². The molecule has 43 heavy (non-hydrogen) atoms. The minimum absolute atomic E-state index is 0.106. The summed E-state index contributed by atoms with van der Waals surface area (Å²) in [7, 11) is -2.37. The first-order valence-corrected chi connectivity index (χ1v) is 16.2. The second-order valence-corrected chi connectivity index (χ2v) is 13.6. The van der Waals surface area contributed by atoms with Gasteiger partial charge in [-0.25, -0.2) is 18.5 Å². The van der Waals surface area contributed by atoms with Crippen LogP contribution in [0, 0.1) is 5.92 Å². The average Bonchev–Trinajstić information content (AvgIpc) is 3.43. The van der Waals surface area contributed by atoms with Crippen molar-refractivity contribution in [1.82, 2.24) is 4.57 Å². The van der Waals surface area contributed by atoms with Crippen molar-refractivity contribution in [3.63, 3.8) is 0 Å². The highest BCUT2D eigenvalue weighted by atomic mass is 32.2. The van der Waals surface area contributed by atoms with Crippen molar-refractivity contribution < 1.29 is 27.5 Å². The molecule has 3 amide bonds. The van der Waals surface area contributed by atoms with Crippen molar-refractivity contribution >= 4 is 62.2 Å². The molecule has 0 aliphatic carbocycles. The molecule has 6 rings (SSSR count). The van der Waals surface area contributed by atoms with Crippen LogP contribution in [0.1, 0.15) is 16.4 Å². The highest BCUT2D eigenvalue weighted by molar-refractivity contribution is 8.00. The lowest BCUT2D eigenvalue weighted by Gasteiger charge is -2.30. The van der Waals surface area contributed by atoms with E-state index in [2.05, 4.69) is 5.32 Å². The van der Waals surface area contributed by atoms with E-state index in [0.717, 1.165) is 28.7 Å². The van der Waals surface area contributed by atoms with Crippen molar-refractivity contribution in [2.24, 2.45) is 11.1 Å². The molecule has 3 atom stereocenters. The van der Waals surface area contributed by atoms with Crippen molar-refractivity contribution in [2.45, 2.75) is 27.6 Å². The summed E-state index contributed by atoms with van der Waals surface area (Å²) >= 11 is 2.07. The Hall–Kier alpha value is -4.24. The topological polar surface area (TPSA) is 158 Å². The number of nitrogens with zero attached hydrogens (tertiary/aromatic N) is 2. The second-order valence-electron chi connectivity index (χ2n) is 9.90. The maximum Gasteiger partial charge on any atom is 0.308 e. The molecule has 14 heteroatoms. The molecule has 3 N–H and O–H groups in total. The van der Waals surface area contributed by atoms with E-state index in [1.54, 1.807) is 24.3 Å². The molecule has 0 spiro atoms. The van der Waals surface area contributed by atoms with Crippen LogP contribution >= 0.6 is 23.1 Å². The molecule has 0 bridgehead atoms. The Morgan fingerprint density at radius 2 is 1.63 bits per heavy atom. The molecule has 1 fully saturated rings. The lowest BCUT2D eigenvalue weighted by atomic mass is 9.83. The number of methoxy groups -OCH3 is 1. The number of carbonyl (C=O) groups is 3. The number of benzene rings is 3. The molecule has 1 saturated heterocycles. The molecule has 220 valence electrons. The van der Waals surface area contributed by atoms with E-state index in [1.807, 2.05) is 30.3 Å². The summed E-state index contributed by atoms with van der Waals surface area (Å²) in [5.74, 6) is -2.04. The number of amides is 3. The number of fused-ring (bicyclic) bond motifs is 2. The summed E-state index contributed by atoms with van der Waals surface area (Å²) in [5.41, 5.74) is 1.52. The van der Waals surface area contributed by atoms with E-state index >= 15 is 0 Å². The fourth-order valence-corrected chi connectivity index (χ4v) is 8.62. The Morgan fingerprint density at radius 1 is 0.953 bits per heavy atom. The van der Waals surface area contributed by atoms with Crippen LogP contribution in [0.4, 0.5) is 11.4 Å². The van der Waals surface area contributed by atoms with Crippen molar-refractivity contribution in [1.29, 1.82) is 0 Å². The highest BCUT2D eigenvalue weighted by Crippen LogP contribution is 2.53. The zero-order chi connectivity index (χ0) is 30.5. The predicted molar refractivity (Wildman–Crippen MR) is 162 cm³/mol. The van der Waals surface area contributed by atoms with Gasteiger partial charge >= 0.3 is 4.87 Å². The van der Waals surface area contributed by atoms with E-state index < -0.39 is 43.8 Å². The van der Waals surface area contributed by atoms with Crippen molar-refractivity contribution in [3.8, 4) is 5.75 Å². The third-order valence-corrected chi connectivity index (χ3v) is 10.8. The zero-order valence-electron chi connectivity index (χ0n) is 22.5. The number of ether oxygens (including phenoxy) is 1. The van der Waals surface area contributed by atoms with Crippen LogP contribution in [0.3, 0.4) is 0 Å². The zero-order valence-corrected chi connectivity index (χ0v) is 24.9. The SMILES string of the molecule is COc1ccc(N2C(=O)C3Sc4c(sc(=O)n4CC(=O)Nc4ccc(S(N)(=O)=O)cc4)[C@H](c4ccccc4)C3C2=O)cc1. The minimum Gasteiger partial charge on any atom is -0.497 e. The van der Waals surface area contributed by atoms with Crippen LogP contribution in [0.25, 0.3) is 0 Å². The first-order valence-electron chi connectivity index (χ1n) is 13.0. The number of hydrogen-bond acceptors (Lipinski definition) is 9. The molecule has 1 aromatic heterocycles. The number of thioether (sulfide) groups is 1. The summed E-state index contributed by atoms with van der Waals surface area (Å²) < 4.78 is 29.6. The molecule has 4 aromatic rings. The third-order valence-electron chi connectivity index (χ3n) is 7.31. The number of nitrogens with one attached hydrogen (secondary N) is 1. The summed E-state index contributed by atoms with van der Waals surface area (Å²) in [6, 6.07) is 21.2. The van der Waals surface area contributed by atoms with Crippen LogP contribution < -0.4 is 25.0 Å². The maximum absolute atomic E-state index is 13.9. The first kappa shape index (κ1) is 28.9. The monoisotopic (exact) mass is 636 g/mol. The third kappa shape index (κ3) is 5.27. The maximum atomic E-state index is 13.9. The van der Waals surface area contributed by atoms with Crippen molar-refractivity contribution in [3.05, 3.63) is 99.0 Å². The smallest absolute Gasteiger partial charge is 0.308 e. The number of nitrogens with two attached hydrogens (primary N) is 1.